The van der Waals surface area contributed by atoms with Crippen molar-refractivity contribution in [2.45, 2.75) is 58.2 Å². The van der Waals surface area contributed by atoms with Gasteiger partial charge < -0.3 is 10.1 Å². The van der Waals surface area contributed by atoms with Crippen LogP contribution in [0.2, 0.25) is 5.02 Å². The van der Waals surface area contributed by atoms with E-state index in [1.165, 1.54) is 18.4 Å². The van der Waals surface area contributed by atoms with Gasteiger partial charge in [0.15, 0.2) is 0 Å². The van der Waals surface area contributed by atoms with Gasteiger partial charge in [0.1, 0.15) is 5.75 Å². The van der Waals surface area contributed by atoms with Gasteiger partial charge in [0.25, 0.3) is 0 Å². The maximum atomic E-state index is 6.27. The van der Waals surface area contributed by atoms with E-state index in [0.29, 0.717) is 0 Å². The van der Waals surface area contributed by atoms with E-state index < -0.39 is 0 Å². The molecule has 0 aromatic heterocycles. The molecule has 1 aliphatic carbocycles. The fourth-order valence-corrected chi connectivity index (χ4v) is 2.18. The van der Waals surface area contributed by atoms with Crippen molar-refractivity contribution in [2.24, 2.45) is 0 Å². The Morgan fingerprint density at radius 3 is 2.61 bits per heavy atom. The maximum Gasteiger partial charge on any atom is 0.138 e. The standard InChI is InChI=1S/C15H22ClNO/c1-3-13(4-2)18-15-8-5-11(9-14(15)16)10-17-12-6-7-12/h5,8-9,12-13,17H,3-4,6-7,10H2,1-2H3. The molecule has 0 bridgehead atoms. The van der Waals surface area contributed by atoms with Crippen molar-refractivity contribution in [3.05, 3.63) is 28.8 Å². The van der Waals surface area contributed by atoms with Crippen molar-refractivity contribution in [3.63, 3.8) is 0 Å². The second-order valence-corrected chi connectivity index (χ2v) is 5.38. The Morgan fingerprint density at radius 2 is 2.06 bits per heavy atom. The van der Waals surface area contributed by atoms with Crippen molar-refractivity contribution < 1.29 is 4.74 Å². The highest BCUT2D eigenvalue weighted by atomic mass is 35.5. The first-order valence-electron chi connectivity index (χ1n) is 6.91. The van der Waals surface area contributed by atoms with E-state index in [-0.39, 0.29) is 6.10 Å². The van der Waals surface area contributed by atoms with Crippen LogP contribution in [0.3, 0.4) is 0 Å². The summed E-state index contributed by atoms with van der Waals surface area (Å²) in [5.74, 6) is 0.806. The highest BCUT2D eigenvalue weighted by Crippen LogP contribution is 2.28. The molecule has 3 heteroatoms. The summed E-state index contributed by atoms with van der Waals surface area (Å²) in [5, 5.41) is 4.20. The van der Waals surface area contributed by atoms with Crippen molar-refractivity contribution >= 4 is 11.6 Å². The number of rotatable bonds is 7. The zero-order valence-corrected chi connectivity index (χ0v) is 12.0. The Kier molecular flexibility index (Phi) is 4.90. The Balaban J connectivity index is 1.94. The molecule has 0 spiro atoms. The summed E-state index contributed by atoms with van der Waals surface area (Å²) >= 11 is 6.27. The van der Waals surface area contributed by atoms with Crippen LogP contribution < -0.4 is 10.1 Å². The smallest absolute Gasteiger partial charge is 0.138 e. The van der Waals surface area contributed by atoms with E-state index in [4.69, 9.17) is 16.3 Å². The van der Waals surface area contributed by atoms with Crippen molar-refractivity contribution in [2.75, 3.05) is 0 Å². The first kappa shape index (κ1) is 13.7. The SMILES string of the molecule is CCC(CC)Oc1ccc(CNC2CC2)cc1Cl. The first-order chi connectivity index (χ1) is 8.72. The Labute approximate surface area is 115 Å². The van der Waals surface area contributed by atoms with Gasteiger partial charge in [-0.1, -0.05) is 31.5 Å². The van der Waals surface area contributed by atoms with Gasteiger partial charge in [0.05, 0.1) is 11.1 Å². The lowest BCUT2D eigenvalue weighted by molar-refractivity contribution is 0.193. The molecule has 0 radical (unpaired) electrons. The van der Waals surface area contributed by atoms with Crippen LogP contribution in [0.25, 0.3) is 0 Å². The quantitative estimate of drug-likeness (QED) is 0.801. The maximum absolute atomic E-state index is 6.27. The third-order valence-corrected chi connectivity index (χ3v) is 3.67. The zero-order valence-electron chi connectivity index (χ0n) is 11.2. The molecule has 0 saturated heterocycles. The Bertz CT molecular complexity index is 386. The Hall–Kier alpha value is -0.730. The summed E-state index contributed by atoms with van der Waals surface area (Å²) in [4.78, 5) is 0. The minimum atomic E-state index is 0.262. The van der Waals surface area contributed by atoms with Crippen molar-refractivity contribution in [1.29, 1.82) is 0 Å². The van der Waals surface area contributed by atoms with Gasteiger partial charge in [0.2, 0.25) is 0 Å². The highest BCUT2D eigenvalue weighted by Gasteiger charge is 2.20. The predicted octanol–water partition coefficient (Wildman–Crippen LogP) is 4.16. The molecule has 1 aromatic rings. The number of hydrogen-bond donors (Lipinski definition) is 1. The predicted molar refractivity (Wildman–Crippen MR) is 76.3 cm³/mol. The van der Waals surface area contributed by atoms with Crippen molar-refractivity contribution in [3.8, 4) is 5.75 Å². The molecule has 1 aromatic carbocycles. The number of hydrogen-bond acceptors (Lipinski definition) is 2. The van der Waals surface area contributed by atoms with Crippen LogP contribution >= 0.6 is 11.6 Å². The number of benzene rings is 1. The molecule has 1 aliphatic rings. The summed E-state index contributed by atoms with van der Waals surface area (Å²) in [6.45, 7) is 5.17. The molecular weight excluding hydrogens is 246 g/mol. The summed E-state index contributed by atoms with van der Waals surface area (Å²) in [6.07, 6.45) is 4.90. The third kappa shape index (κ3) is 3.89. The average molecular weight is 268 g/mol. The number of halogens is 1. The topological polar surface area (TPSA) is 21.3 Å². The van der Waals surface area contributed by atoms with Crippen molar-refractivity contribution in [1.82, 2.24) is 5.32 Å². The molecule has 1 saturated carbocycles. The second kappa shape index (κ2) is 6.44. The largest absolute Gasteiger partial charge is 0.489 e. The minimum absolute atomic E-state index is 0.262. The van der Waals surface area contributed by atoms with Crippen LogP contribution in [-0.2, 0) is 6.54 Å². The minimum Gasteiger partial charge on any atom is -0.489 e. The van der Waals surface area contributed by atoms with Gasteiger partial charge in [-0.05, 0) is 43.4 Å². The van der Waals surface area contributed by atoms with E-state index in [2.05, 4.69) is 25.2 Å². The fraction of sp³-hybridized carbons (Fsp3) is 0.600. The molecule has 0 amide bonds. The molecule has 0 atom stereocenters. The van der Waals surface area contributed by atoms with Gasteiger partial charge in [0, 0.05) is 12.6 Å². The number of nitrogens with one attached hydrogen (secondary N) is 1. The summed E-state index contributed by atoms with van der Waals surface area (Å²) in [5.41, 5.74) is 1.23. The van der Waals surface area contributed by atoms with E-state index in [1.807, 2.05) is 12.1 Å². The van der Waals surface area contributed by atoms with Crippen LogP contribution in [-0.4, -0.2) is 12.1 Å². The third-order valence-electron chi connectivity index (χ3n) is 3.37. The van der Waals surface area contributed by atoms with Gasteiger partial charge >= 0.3 is 0 Å². The zero-order chi connectivity index (χ0) is 13.0. The first-order valence-corrected chi connectivity index (χ1v) is 7.29. The molecule has 2 nitrogen and oxygen atoms in total. The summed E-state index contributed by atoms with van der Waals surface area (Å²) < 4.78 is 5.88. The van der Waals surface area contributed by atoms with Crippen LogP contribution in [0.15, 0.2) is 18.2 Å². The molecule has 2 rings (SSSR count). The molecule has 0 aliphatic heterocycles. The van der Waals surface area contributed by atoms with Crippen LogP contribution in [0.4, 0.5) is 0 Å². The molecule has 18 heavy (non-hydrogen) atoms. The molecular formula is C15H22ClNO. The van der Waals surface area contributed by atoms with Crippen LogP contribution in [0.5, 0.6) is 5.75 Å². The lowest BCUT2D eigenvalue weighted by Crippen LogP contribution is -2.16. The summed E-state index contributed by atoms with van der Waals surface area (Å²) in [7, 11) is 0. The lowest BCUT2D eigenvalue weighted by Gasteiger charge is -2.17. The molecule has 1 N–H and O–H groups in total. The van der Waals surface area contributed by atoms with E-state index in [0.717, 1.165) is 36.2 Å². The average Bonchev–Trinajstić information content (AvgIpc) is 3.19. The van der Waals surface area contributed by atoms with E-state index in [1.54, 1.807) is 0 Å². The molecule has 0 unspecified atom stereocenters. The van der Waals surface area contributed by atoms with Crippen LogP contribution in [0.1, 0.15) is 45.1 Å². The fourth-order valence-electron chi connectivity index (χ4n) is 1.93. The molecule has 0 heterocycles. The van der Waals surface area contributed by atoms with Gasteiger partial charge in [-0.2, -0.15) is 0 Å². The van der Waals surface area contributed by atoms with Crippen LogP contribution in [0, 0.1) is 0 Å². The van der Waals surface area contributed by atoms with E-state index in [9.17, 15) is 0 Å². The van der Waals surface area contributed by atoms with Gasteiger partial charge in [-0.25, -0.2) is 0 Å². The lowest BCUT2D eigenvalue weighted by atomic mass is 10.2. The normalized spacial score (nSPS) is 15.1. The number of ether oxygens (including phenoxy) is 1. The van der Waals surface area contributed by atoms with Gasteiger partial charge in [-0.15, -0.1) is 0 Å². The summed E-state index contributed by atoms with van der Waals surface area (Å²) in [6, 6.07) is 6.82. The highest BCUT2D eigenvalue weighted by molar-refractivity contribution is 6.32. The Morgan fingerprint density at radius 1 is 1.33 bits per heavy atom. The molecule has 100 valence electrons. The van der Waals surface area contributed by atoms with E-state index >= 15 is 0 Å². The molecule has 1 fully saturated rings. The monoisotopic (exact) mass is 267 g/mol. The second-order valence-electron chi connectivity index (χ2n) is 4.98. The van der Waals surface area contributed by atoms with Gasteiger partial charge in [-0.3, -0.25) is 0 Å².